The van der Waals surface area contributed by atoms with E-state index in [9.17, 15) is 4.79 Å². The molecule has 21 heavy (non-hydrogen) atoms. The van der Waals surface area contributed by atoms with Crippen molar-refractivity contribution in [2.24, 2.45) is 0 Å². The van der Waals surface area contributed by atoms with Crippen LogP contribution < -0.4 is 5.32 Å². The third kappa shape index (κ3) is 10.2. The fourth-order valence-corrected chi connectivity index (χ4v) is 2.56. The summed E-state index contributed by atoms with van der Waals surface area (Å²) in [5.74, 6) is 1.93. The Morgan fingerprint density at radius 1 is 1.10 bits per heavy atom. The average molecular weight is 311 g/mol. The van der Waals surface area contributed by atoms with Crippen LogP contribution in [0.15, 0.2) is 30.3 Å². The molecule has 0 atom stereocenters. The number of alkyl carbamates (subject to hydrolysis) is 1. The van der Waals surface area contributed by atoms with Crippen LogP contribution in [0.2, 0.25) is 0 Å². The van der Waals surface area contributed by atoms with Crippen molar-refractivity contribution in [1.82, 2.24) is 5.32 Å². The maximum atomic E-state index is 11.5. The number of hydrogen-bond donors (Lipinski definition) is 2. The normalized spacial score (nSPS) is 10.3. The van der Waals surface area contributed by atoms with E-state index in [1.807, 2.05) is 30.3 Å². The van der Waals surface area contributed by atoms with E-state index in [1.165, 1.54) is 12.8 Å². The van der Waals surface area contributed by atoms with E-state index in [4.69, 9.17) is 9.84 Å². The van der Waals surface area contributed by atoms with Crippen LogP contribution in [-0.2, 0) is 11.3 Å². The van der Waals surface area contributed by atoms with Crippen molar-refractivity contribution in [2.75, 3.05) is 24.7 Å². The van der Waals surface area contributed by atoms with E-state index in [2.05, 4.69) is 5.32 Å². The topological polar surface area (TPSA) is 58.6 Å². The Morgan fingerprint density at radius 2 is 1.86 bits per heavy atom. The van der Waals surface area contributed by atoms with Gasteiger partial charge in [0, 0.05) is 12.3 Å². The molecule has 0 unspecified atom stereocenters. The summed E-state index contributed by atoms with van der Waals surface area (Å²) in [6.07, 6.45) is 4.07. The van der Waals surface area contributed by atoms with Gasteiger partial charge in [0.1, 0.15) is 6.61 Å². The lowest BCUT2D eigenvalue weighted by atomic mass is 10.2. The zero-order valence-electron chi connectivity index (χ0n) is 12.4. The maximum Gasteiger partial charge on any atom is 0.407 e. The lowest BCUT2D eigenvalue weighted by Crippen LogP contribution is -2.25. The van der Waals surface area contributed by atoms with Gasteiger partial charge in [-0.15, -0.1) is 0 Å². The molecule has 0 bridgehead atoms. The number of aliphatic hydroxyl groups excluding tert-OH is 1. The summed E-state index contributed by atoms with van der Waals surface area (Å²) in [5, 5.41) is 11.4. The largest absolute Gasteiger partial charge is 0.445 e. The fraction of sp³-hybridized carbons (Fsp3) is 0.562. The van der Waals surface area contributed by atoms with E-state index < -0.39 is 0 Å². The van der Waals surface area contributed by atoms with Crippen molar-refractivity contribution in [1.29, 1.82) is 0 Å². The lowest BCUT2D eigenvalue weighted by Gasteiger charge is -2.07. The number of rotatable bonds is 11. The molecule has 0 aliphatic rings. The molecule has 5 heteroatoms. The monoisotopic (exact) mass is 311 g/mol. The molecule has 118 valence electrons. The summed E-state index contributed by atoms with van der Waals surface area (Å²) in [5.41, 5.74) is 0.994. The molecule has 0 aromatic heterocycles. The third-order valence-corrected chi connectivity index (χ3v) is 3.98. The Morgan fingerprint density at radius 3 is 2.62 bits per heavy atom. The number of carbonyl (C=O) groups is 1. The Kier molecular flexibility index (Phi) is 10.7. The minimum atomic E-state index is -0.350. The maximum absolute atomic E-state index is 11.5. The van der Waals surface area contributed by atoms with Gasteiger partial charge in [0.25, 0.3) is 0 Å². The van der Waals surface area contributed by atoms with Gasteiger partial charge in [-0.3, -0.25) is 0 Å². The first-order valence-electron chi connectivity index (χ1n) is 7.46. The summed E-state index contributed by atoms with van der Waals surface area (Å²) in [7, 11) is 0. The van der Waals surface area contributed by atoms with E-state index in [0.717, 1.165) is 29.9 Å². The Labute approximate surface area is 131 Å². The molecule has 0 saturated heterocycles. The third-order valence-electron chi connectivity index (χ3n) is 2.93. The molecule has 0 fully saturated rings. The van der Waals surface area contributed by atoms with Gasteiger partial charge in [0.05, 0.1) is 6.61 Å². The van der Waals surface area contributed by atoms with Crippen LogP contribution in [0.25, 0.3) is 0 Å². The molecule has 0 aliphatic heterocycles. The predicted octanol–water partition coefficient (Wildman–Crippen LogP) is 3.20. The molecule has 0 spiro atoms. The molecule has 1 aromatic rings. The molecule has 1 amide bonds. The minimum Gasteiger partial charge on any atom is -0.445 e. The number of nitrogens with one attached hydrogen (secondary N) is 1. The quantitative estimate of drug-likeness (QED) is 0.616. The standard InChI is InChI=1S/C16H25NO3S/c18-11-13-21-12-7-2-1-6-10-17-16(19)20-14-15-8-4-3-5-9-15/h3-5,8-9,18H,1-2,6-7,10-14H2,(H,17,19). The molecule has 0 radical (unpaired) electrons. The second-order valence-corrected chi connectivity index (χ2v) is 5.96. The first-order chi connectivity index (χ1) is 10.3. The Balaban J connectivity index is 1.89. The van der Waals surface area contributed by atoms with Gasteiger partial charge in [0.2, 0.25) is 0 Å². The lowest BCUT2D eigenvalue weighted by molar-refractivity contribution is 0.139. The first kappa shape index (κ1) is 17.9. The zero-order chi connectivity index (χ0) is 15.2. The highest BCUT2D eigenvalue weighted by Crippen LogP contribution is 2.06. The molecular formula is C16H25NO3S. The number of amides is 1. The van der Waals surface area contributed by atoms with Gasteiger partial charge < -0.3 is 15.2 Å². The predicted molar refractivity (Wildman–Crippen MR) is 87.5 cm³/mol. The first-order valence-corrected chi connectivity index (χ1v) is 8.61. The van der Waals surface area contributed by atoms with Crippen LogP contribution in [0.5, 0.6) is 0 Å². The molecule has 4 nitrogen and oxygen atoms in total. The van der Waals surface area contributed by atoms with E-state index in [1.54, 1.807) is 11.8 Å². The summed E-state index contributed by atoms with van der Waals surface area (Å²) in [6.45, 7) is 1.24. The second-order valence-electron chi connectivity index (χ2n) is 4.74. The van der Waals surface area contributed by atoms with Crippen molar-refractivity contribution in [3.05, 3.63) is 35.9 Å². The molecule has 0 aliphatic carbocycles. The highest BCUT2D eigenvalue weighted by atomic mass is 32.2. The average Bonchev–Trinajstić information content (AvgIpc) is 2.52. The van der Waals surface area contributed by atoms with Gasteiger partial charge in [-0.25, -0.2) is 4.79 Å². The van der Waals surface area contributed by atoms with Crippen LogP contribution in [-0.4, -0.2) is 35.9 Å². The summed E-state index contributed by atoms with van der Waals surface area (Å²) >= 11 is 1.79. The van der Waals surface area contributed by atoms with Crippen molar-refractivity contribution in [3.8, 4) is 0 Å². The number of benzene rings is 1. The number of carbonyl (C=O) groups excluding carboxylic acids is 1. The molecular weight excluding hydrogens is 286 g/mol. The Hall–Kier alpha value is -1.20. The van der Waals surface area contributed by atoms with E-state index >= 15 is 0 Å². The van der Waals surface area contributed by atoms with Gasteiger partial charge >= 0.3 is 6.09 Å². The van der Waals surface area contributed by atoms with Crippen molar-refractivity contribution in [2.45, 2.75) is 32.3 Å². The summed E-state index contributed by atoms with van der Waals surface area (Å²) in [6, 6.07) is 9.65. The number of unbranched alkanes of at least 4 members (excludes halogenated alkanes) is 3. The summed E-state index contributed by atoms with van der Waals surface area (Å²) < 4.78 is 5.12. The van der Waals surface area contributed by atoms with Crippen LogP contribution in [0.3, 0.4) is 0 Å². The summed E-state index contributed by atoms with van der Waals surface area (Å²) in [4.78, 5) is 11.5. The van der Waals surface area contributed by atoms with E-state index in [-0.39, 0.29) is 12.7 Å². The second kappa shape index (κ2) is 12.5. The molecule has 1 aromatic carbocycles. The number of ether oxygens (including phenoxy) is 1. The fourth-order valence-electron chi connectivity index (χ4n) is 1.81. The number of hydrogen-bond acceptors (Lipinski definition) is 4. The Bertz CT molecular complexity index is 373. The highest BCUT2D eigenvalue weighted by Gasteiger charge is 2.01. The van der Waals surface area contributed by atoms with Crippen LogP contribution in [0, 0.1) is 0 Å². The SMILES string of the molecule is O=C(NCCCCCCSCCO)OCc1ccccc1. The van der Waals surface area contributed by atoms with Crippen molar-refractivity contribution >= 4 is 17.9 Å². The molecule has 2 N–H and O–H groups in total. The van der Waals surface area contributed by atoms with Crippen molar-refractivity contribution in [3.63, 3.8) is 0 Å². The molecule has 1 rings (SSSR count). The van der Waals surface area contributed by atoms with Crippen molar-refractivity contribution < 1.29 is 14.6 Å². The van der Waals surface area contributed by atoms with Crippen LogP contribution in [0.4, 0.5) is 4.79 Å². The highest BCUT2D eigenvalue weighted by molar-refractivity contribution is 7.99. The molecule has 0 saturated carbocycles. The van der Waals surface area contributed by atoms with Gasteiger partial charge in [0.15, 0.2) is 0 Å². The van der Waals surface area contributed by atoms with Gasteiger partial charge in [-0.05, 0) is 24.2 Å². The zero-order valence-corrected chi connectivity index (χ0v) is 13.2. The number of thioether (sulfide) groups is 1. The smallest absolute Gasteiger partial charge is 0.407 e. The van der Waals surface area contributed by atoms with Crippen LogP contribution in [0.1, 0.15) is 31.2 Å². The minimum absolute atomic E-state index is 0.264. The van der Waals surface area contributed by atoms with Crippen LogP contribution >= 0.6 is 11.8 Å². The van der Waals surface area contributed by atoms with E-state index in [0.29, 0.717) is 13.2 Å². The number of aliphatic hydroxyl groups is 1. The molecule has 0 heterocycles. The van der Waals surface area contributed by atoms with Gasteiger partial charge in [-0.2, -0.15) is 11.8 Å². The van der Waals surface area contributed by atoms with Gasteiger partial charge in [-0.1, -0.05) is 43.2 Å².